The quantitative estimate of drug-likeness (QED) is 0.511. The summed E-state index contributed by atoms with van der Waals surface area (Å²) in [6.07, 6.45) is 5.07. The lowest BCUT2D eigenvalue weighted by Gasteiger charge is -2.04. The molecule has 0 amide bonds. The highest BCUT2D eigenvalue weighted by atomic mass is 35.5. The molecule has 2 aromatic carbocycles. The average molecular weight is 324 g/mol. The minimum absolute atomic E-state index is 0.115. The molecule has 0 fully saturated rings. The Morgan fingerprint density at radius 1 is 1.17 bits per heavy atom. The lowest BCUT2D eigenvalue weighted by molar-refractivity contribution is 0.104. The molecule has 0 N–H and O–H groups in total. The van der Waals surface area contributed by atoms with Crippen molar-refractivity contribution in [3.63, 3.8) is 0 Å². The molecule has 3 rings (SSSR count). The number of pyridine rings is 1. The largest absolute Gasteiger partial charge is 0.495 e. The molecule has 0 aliphatic rings. The predicted octanol–water partition coefficient (Wildman–Crippen LogP) is 4.79. The van der Waals surface area contributed by atoms with Crippen LogP contribution in [0.1, 0.15) is 15.9 Å². The summed E-state index contributed by atoms with van der Waals surface area (Å²) in [7, 11) is 1.54. The fourth-order valence-corrected chi connectivity index (χ4v) is 2.60. The maximum atomic E-state index is 12.3. The van der Waals surface area contributed by atoms with Gasteiger partial charge in [-0.15, -0.1) is 0 Å². The Bertz CT molecular complexity index is 898. The van der Waals surface area contributed by atoms with E-state index < -0.39 is 0 Å². The van der Waals surface area contributed by atoms with Gasteiger partial charge in [-0.1, -0.05) is 35.9 Å². The van der Waals surface area contributed by atoms with Crippen LogP contribution in [0.4, 0.5) is 0 Å². The molecule has 0 unspecified atom stereocenters. The van der Waals surface area contributed by atoms with Crippen molar-refractivity contribution in [2.45, 2.75) is 0 Å². The summed E-state index contributed by atoms with van der Waals surface area (Å²) in [6, 6.07) is 14.7. The van der Waals surface area contributed by atoms with E-state index in [2.05, 4.69) is 4.98 Å². The topological polar surface area (TPSA) is 39.2 Å². The minimum atomic E-state index is -0.115. The fourth-order valence-electron chi connectivity index (χ4n) is 2.34. The number of hydrogen-bond donors (Lipinski definition) is 0. The van der Waals surface area contributed by atoms with E-state index in [1.165, 1.54) is 7.11 Å². The van der Waals surface area contributed by atoms with E-state index in [0.29, 0.717) is 16.3 Å². The molecule has 0 spiro atoms. The molecule has 0 radical (unpaired) electrons. The third-order valence-corrected chi connectivity index (χ3v) is 3.83. The van der Waals surface area contributed by atoms with Crippen molar-refractivity contribution in [1.29, 1.82) is 0 Å². The maximum absolute atomic E-state index is 12.3. The number of rotatable bonds is 4. The number of fused-ring (bicyclic) bond motifs is 1. The maximum Gasteiger partial charge on any atom is 0.185 e. The molecule has 0 aliphatic carbocycles. The van der Waals surface area contributed by atoms with E-state index in [4.69, 9.17) is 16.3 Å². The molecule has 0 saturated carbocycles. The van der Waals surface area contributed by atoms with Gasteiger partial charge in [-0.2, -0.15) is 0 Å². The predicted molar refractivity (Wildman–Crippen MR) is 93.1 cm³/mol. The van der Waals surface area contributed by atoms with E-state index >= 15 is 0 Å². The minimum Gasteiger partial charge on any atom is -0.495 e. The van der Waals surface area contributed by atoms with Crippen LogP contribution in [-0.2, 0) is 0 Å². The SMILES string of the molecule is COc1ccc(C(=O)/C=C/c2ccnc3ccccc23)cc1Cl. The summed E-state index contributed by atoms with van der Waals surface area (Å²) in [6.45, 7) is 0. The lowest BCUT2D eigenvalue weighted by Crippen LogP contribution is -1.95. The smallest absolute Gasteiger partial charge is 0.185 e. The standard InChI is InChI=1S/C19H14ClNO2/c1-23-19-9-7-14(12-16(19)20)18(22)8-6-13-10-11-21-17-5-3-2-4-15(13)17/h2-12H,1H3/b8-6+. The van der Waals surface area contributed by atoms with Gasteiger partial charge in [-0.3, -0.25) is 9.78 Å². The first-order valence-electron chi connectivity index (χ1n) is 7.09. The van der Waals surface area contributed by atoms with Gasteiger partial charge in [0.2, 0.25) is 0 Å². The monoisotopic (exact) mass is 323 g/mol. The number of ketones is 1. The second kappa shape index (κ2) is 6.63. The highest BCUT2D eigenvalue weighted by Crippen LogP contribution is 2.25. The summed E-state index contributed by atoms with van der Waals surface area (Å²) in [5.41, 5.74) is 2.36. The second-order valence-electron chi connectivity index (χ2n) is 4.96. The molecular formula is C19H14ClNO2. The van der Waals surface area contributed by atoms with Gasteiger partial charge in [0.15, 0.2) is 5.78 Å². The Labute approximate surface area is 139 Å². The van der Waals surface area contributed by atoms with Crippen molar-refractivity contribution in [3.05, 3.63) is 77.0 Å². The highest BCUT2D eigenvalue weighted by molar-refractivity contribution is 6.32. The van der Waals surface area contributed by atoms with Crippen LogP contribution in [0.15, 0.2) is 60.8 Å². The first-order valence-corrected chi connectivity index (χ1v) is 7.46. The van der Waals surface area contributed by atoms with Crippen LogP contribution < -0.4 is 4.74 Å². The number of benzene rings is 2. The zero-order valence-electron chi connectivity index (χ0n) is 12.5. The summed E-state index contributed by atoms with van der Waals surface area (Å²) in [4.78, 5) is 16.6. The van der Waals surface area contributed by atoms with Crippen LogP contribution in [0.3, 0.4) is 0 Å². The van der Waals surface area contributed by atoms with Gasteiger partial charge in [0.1, 0.15) is 5.75 Å². The van der Waals surface area contributed by atoms with Crippen LogP contribution in [0.5, 0.6) is 5.75 Å². The Morgan fingerprint density at radius 3 is 2.78 bits per heavy atom. The average Bonchev–Trinajstić information content (AvgIpc) is 2.59. The van der Waals surface area contributed by atoms with Gasteiger partial charge in [-0.25, -0.2) is 0 Å². The van der Waals surface area contributed by atoms with Crippen molar-refractivity contribution in [2.75, 3.05) is 7.11 Å². The Balaban J connectivity index is 1.89. The van der Waals surface area contributed by atoms with Crippen molar-refractivity contribution < 1.29 is 9.53 Å². The zero-order chi connectivity index (χ0) is 16.2. The Morgan fingerprint density at radius 2 is 2.00 bits per heavy atom. The lowest BCUT2D eigenvalue weighted by atomic mass is 10.1. The van der Waals surface area contributed by atoms with Crippen molar-refractivity contribution in [1.82, 2.24) is 4.98 Å². The number of hydrogen-bond acceptors (Lipinski definition) is 3. The van der Waals surface area contributed by atoms with E-state index in [9.17, 15) is 4.79 Å². The third-order valence-electron chi connectivity index (χ3n) is 3.53. The van der Waals surface area contributed by atoms with Crippen LogP contribution in [0.25, 0.3) is 17.0 Å². The number of aromatic nitrogens is 1. The molecule has 0 bridgehead atoms. The zero-order valence-corrected chi connectivity index (χ0v) is 13.2. The number of halogens is 1. The molecule has 0 aliphatic heterocycles. The van der Waals surface area contributed by atoms with Crippen LogP contribution in [0.2, 0.25) is 5.02 Å². The molecule has 114 valence electrons. The van der Waals surface area contributed by atoms with Gasteiger partial charge < -0.3 is 4.74 Å². The van der Waals surface area contributed by atoms with E-state index in [-0.39, 0.29) is 5.78 Å². The molecule has 4 heteroatoms. The van der Waals surface area contributed by atoms with Gasteiger partial charge in [-0.05, 0) is 42.0 Å². The second-order valence-corrected chi connectivity index (χ2v) is 5.37. The highest BCUT2D eigenvalue weighted by Gasteiger charge is 2.07. The first-order chi connectivity index (χ1) is 11.2. The summed E-state index contributed by atoms with van der Waals surface area (Å²) >= 11 is 6.06. The van der Waals surface area contributed by atoms with E-state index in [1.54, 1.807) is 36.5 Å². The van der Waals surface area contributed by atoms with Gasteiger partial charge in [0, 0.05) is 17.1 Å². The number of nitrogens with zero attached hydrogens (tertiary/aromatic N) is 1. The van der Waals surface area contributed by atoms with E-state index in [1.807, 2.05) is 30.3 Å². The number of para-hydroxylation sites is 1. The number of carbonyl (C=O) groups excluding carboxylic acids is 1. The fraction of sp³-hybridized carbons (Fsp3) is 0.0526. The van der Waals surface area contributed by atoms with Crippen LogP contribution in [0, 0.1) is 0 Å². The molecular weight excluding hydrogens is 310 g/mol. The molecule has 3 nitrogen and oxygen atoms in total. The Kier molecular flexibility index (Phi) is 4.40. The molecule has 1 aromatic heterocycles. The molecule has 23 heavy (non-hydrogen) atoms. The van der Waals surface area contributed by atoms with Crippen molar-refractivity contribution >= 4 is 34.4 Å². The molecule has 1 heterocycles. The normalized spacial score (nSPS) is 11.0. The number of carbonyl (C=O) groups is 1. The van der Waals surface area contributed by atoms with Crippen molar-refractivity contribution in [3.8, 4) is 5.75 Å². The van der Waals surface area contributed by atoms with E-state index in [0.717, 1.165) is 16.5 Å². The Hall–Kier alpha value is -2.65. The molecule has 3 aromatic rings. The summed E-state index contributed by atoms with van der Waals surface area (Å²) in [5, 5.41) is 1.42. The third kappa shape index (κ3) is 3.25. The molecule has 0 saturated heterocycles. The van der Waals surface area contributed by atoms with Crippen LogP contribution >= 0.6 is 11.6 Å². The first kappa shape index (κ1) is 15.3. The number of ether oxygens (including phenoxy) is 1. The van der Waals surface area contributed by atoms with Gasteiger partial charge in [0.05, 0.1) is 17.6 Å². The van der Waals surface area contributed by atoms with Gasteiger partial charge in [0.25, 0.3) is 0 Å². The number of methoxy groups -OCH3 is 1. The summed E-state index contributed by atoms with van der Waals surface area (Å²) in [5.74, 6) is 0.433. The number of allylic oxidation sites excluding steroid dienone is 1. The van der Waals surface area contributed by atoms with Crippen LogP contribution in [-0.4, -0.2) is 17.9 Å². The molecule has 0 atom stereocenters. The van der Waals surface area contributed by atoms with Crippen molar-refractivity contribution in [2.24, 2.45) is 0 Å². The van der Waals surface area contributed by atoms with Gasteiger partial charge >= 0.3 is 0 Å². The summed E-state index contributed by atoms with van der Waals surface area (Å²) < 4.78 is 5.09.